The second kappa shape index (κ2) is 4.56. The number of carboxylic acids is 1. The third kappa shape index (κ3) is 2.53. The summed E-state index contributed by atoms with van der Waals surface area (Å²) in [5, 5.41) is 17.1. The zero-order chi connectivity index (χ0) is 14.1. The van der Waals surface area contributed by atoms with Crippen molar-refractivity contribution >= 4 is 5.97 Å². The highest BCUT2D eigenvalue weighted by Gasteiger charge is 2.38. The third-order valence-corrected chi connectivity index (χ3v) is 1.89. The number of hydrogen-bond acceptors (Lipinski definition) is 3. The fourth-order valence-electron chi connectivity index (χ4n) is 1.20. The van der Waals surface area contributed by atoms with Crippen molar-refractivity contribution in [2.45, 2.75) is 12.6 Å². The van der Waals surface area contributed by atoms with Crippen molar-refractivity contribution in [3.8, 4) is 6.07 Å². The Kier molecular flexibility index (Phi) is 3.50. The fraction of sp³-hybridized carbons (Fsp3) is 0.222. The Bertz CT molecular complexity index is 533. The Morgan fingerprint density at radius 2 is 2.00 bits per heavy atom. The van der Waals surface area contributed by atoms with Crippen LogP contribution in [0.1, 0.15) is 33.7 Å². The van der Waals surface area contributed by atoms with E-state index in [1.807, 2.05) is 0 Å². The molecule has 0 fully saturated rings. The average molecular weight is 266 g/mol. The van der Waals surface area contributed by atoms with Gasteiger partial charge < -0.3 is 5.11 Å². The van der Waals surface area contributed by atoms with Crippen LogP contribution in [0.3, 0.4) is 0 Å². The van der Waals surface area contributed by atoms with E-state index in [9.17, 15) is 26.7 Å². The summed E-state index contributed by atoms with van der Waals surface area (Å²) < 4.78 is 62.2. The molecule has 0 atom stereocenters. The molecule has 0 amide bonds. The van der Waals surface area contributed by atoms with Gasteiger partial charge >= 0.3 is 12.1 Å². The van der Waals surface area contributed by atoms with E-state index in [2.05, 4.69) is 4.98 Å². The molecule has 0 aliphatic rings. The quantitative estimate of drug-likeness (QED) is 0.835. The van der Waals surface area contributed by atoms with Crippen LogP contribution in [0.2, 0.25) is 0 Å². The van der Waals surface area contributed by atoms with Gasteiger partial charge in [0, 0.05) is 0 Å². The highest BCUT2D eigenvalue weighted by Crippen LogP contribution is 2.35. The molecule has 0 bridgehead atoms. The lowest BCUT2D eigenvalue weighted by atomic mass is 10.0. The number of halogens is 5. The van der Waals surface area contributed by atoms with Crippen molar-refractivity contribution in [1.82, 2.24) is 4.98 Å². The molecule has 1 N–H and O–H groups in total. The van der Waals surface area contributed by atoms with Crippen LogP contribution in [0.5, 0.6) is 0 Å². The Morgan fingerprint density at radius 1 is 1.44 bits per heavy atom. The van der Waals surface area contributed by atoms with E-state index in [0.29, 0.717) is 0 Å². The molecule has 1 aromatic rings. The predicted octanol–water partition coefficient (Wildman–Crippen LogP) is 2.61. The van der Waals surface area contributed by atoms with Crippen molar-refractivity contribution in [2.75, 3.05) is 0 Å². The smallest absolute Gasteiger partial charge is 0.417 e. The Hall–Kier alpha value is -2.24. The normalized spacial score (nSPS) is 11.4. The van der Waals surface area contributed by atoms with Crippen LogP contribution in [-0.2, 0) is 6.18 Å². The molecular weight excluding hydrogens is 263 g/mol. The molecule has 0 aliphatic carbocycles. The topological polar surface area (TPSA) is 74.0 Å². The second-order valence-corrected chi connectivity index (χ2v) is 3.03. The first-order valence-corrected chi connectivity index (χ1v) is 4.22. The van der Waals surface area contributed by atoms with Crippen LogP contribution in [0.4, 0.5) is 22.0 Å². The van der Waals surface area contributed by atoms with E-state index in [4.69, 9.17) is 10.4 Å². The van der Waals surface area contributed by atoms with Crippen molar-refractivity contribution < 1.29 is 31.9 Å². The summed E-state index contributed by atoms with van der Waals surface area (Å²) >= 11 is 0. The molecule has 9 heteroatoms. The van der Waals surface area contributed by atoms with Crippen LogP contribution in [0, 0.1) is 11.3 Å². The summed E-state index contributed by atoms with van der Waals surface area (Å²) in [6.07, 6.45) is -8.52. The number of rotatable bonds is 2. The number of carboxylic acid groups (broad SMARTS) is 1. The number of hydrogen-bond donors (Lipinski definition) is 1. The van der Waals surface area contributed by atoms with Crippen molar-refractivity contribution in [2.24, 2.45) is 0 Å². The Balaban J connectivity index is 3.70. The van der Waals surface area contributed by atoms with Gasteiger partial charge in [-0.05, 0) is 6.07 Å². The number of aromatic carboxylic acids is 1. The summed E-state index contributed by atoms with van der Waals surface area (Å²) in [4.78, 5) is 13.5. The van der Waals surface area contributed by atoms with Crippen LogP contribution in [-0.4, -0.2) is 16.1 Å². The standard InChI is InChI=1S/C9H3F5N2O2/c10-7(11)4-1-3(9(12,13)14)6(8(17)18)5(2-15)16-4/h1,7H,(H,17,18). The van der Waals surface area contributed by atoms with Crippen LogP contribution < -0.4 is 0 Å². The summed E-state index contributed by atoms with van der Waals surface area (Å²) in [6.45, 7) is 0. The van der Waals surface area contributed by atoms with Gasteiger partial charge in [-0.2, -0.15) is 18.4 Å². The fourth-order valence-corrected chi connectivity index (χ4v) is 1.20. The number of alkyl halides is 5. The molecule has 1 heterocycles. The first-order valence-electron chi connectivity index (χ1n) is 4.22. The van der Waals surface area contributed by atoms with Gasteiger partial charge in [-0.1, -0.05) is 0 Å². The number of nitriles is 1. The van der Waals surface area contributed by atoms with Crippen molar-refractivity contribution in [3.63, 3.8) is 0 Å². The molecule has 0 radical (unpaired) electrons. The largest absolute Gasteiger partial charge is 0.478 e. The Labute approximate surface area is 96.3 Å². The zero-order valence-corrected chi connectivity index (χ0v) is 8.29. The van der Waals surface area contributed by atoms with Crippen molar-refractivity contribution in [1.29, 1.82) is 5.26 Å². The molecule has 0 saturated heterocycles. The molecule has 18 heavy (non-hydrogen) atoms. The van der Waals surface area contributed by atoms with Gasteiger partial charge in [0.05, 0.1) is 5.56 Å². The SMILES string of the molecule is N#Cc1nc(C(F)F)cc(C(F)(F)F)c1C(=O)O. The highest BCUT2D eigenvalue weighted by molar-refractivity contribution is 5.92. The van der Waals surface area contributed by atoms with Gasteiger partial charge in [0.25, 0.3) is 6.43 Å². The van der Waals surface area contributed by atoms with E-state index in [0.717, 1.165) is 6.07 Å². The molecule has 1 rings (SSSR count). The lowest BCUT2D eigenvalue weighted by molar-refractivity contribution is -0.138. The minimum Gasteiger partial charge on any atom is -0.478 e. The maximum absolute atomic E-state index is 12.5. The lowest BCUT2D eigenvalue weighted by Crippen LogP contribution is -2.17. The number of nitrogens with zero attached hydrogens (tertiary/aromatic N) is 2. The monoisotopic (exact) mass is 266 g/mol. The zero-order valence-electron chi connectivity index (χ0n) is 8.29. The van der Waals surface area contributed by atoms with Gasteiger partial charge in [-0.25, -0.2) is 18.6 Å². The van der Waals surface area contributed by atoms with Gasteiger partial charge in [0.1, 0.15) is 17.3 Å². The van der Waals surface area contributed by atoms with E-state index < -0.39 is 41.1 Å². The minimum absolute atomic E-state index is 0.0744. The van der Waals surface area contributed by atoms with Crippen LogP contribution in [0.25, 0.3) is 0 Å². The average Bonchev–Trinajstić information content (AvgIpc) is 2.25. The van der Waals surface area contributed by atoms with Gasteiger partial charge in [-0.3, -0.25) is 0 Å². The number of aromatic nitrogens is 1. The second-order valence-electron chi connectivity index (χ2n) is 3.03. The first kappa shape index (κ1) is 13.8. The summed E-state index contributed by atoms with van der Waals surface area (Å²) in [6, 6.07) is 0.985. The van der Waals surface area contributed by atoms with Gasteiger partial charge in [0.15, 0.2) is 5.69 Å². The summed E-state index contributed by atoms with van der Waals surface area (Å²) in [5.74, 6) is -2.06. The molecule has 96 valence electrons. The molecule has 0 unspecified atom stereocenters. The lowest BCUT2D eigenvalue weighted by Gasteiger charge is -2.12. The van der Waals surface area contributed by atoms with E-state index >= 15 is 0 Å². The number of pyridine rings is 1. The molecule has 0 saturated carbocycles. The molecular formula is C9H3F5N2O2. The van der Waals surface area contributed by atoms with E-state index in [1.54, 1.807) is 0 Å². The first-order chi connectivity index (χ1) is 8.18. The van der Waals surface area contributed by atoms with Crippen molar-refractivity contribution in [3.05, 3.63) is 28.6 Å². The minimum atomic E-state index is -5.17. The maximum atomic E-state index is 12.5. The van der Waals surface area contributed by atoms with E-state index in [-0.39, 0.29) is 6.07 Å². The molecule has 0 spiro atoms. The molecule has 4 nitrogen and oxygen atoms in total. The van der Waals surface area contributed by atoms with Gasteiger partial charge in [-0.15, -0.1) is 0 Å². The van der Waals surface area contributed by atoms with E-state index in [1.165, 1.54) is 0 Å². The summed E-state index contributed by atoms with van der Waals surface area (Å²) in [5.41, 5.74) is -5.76. The number of carbonyl (C=O) groups is 1. The highest BCUT2D eigenvalue weighted by atomic mass is 19.4. The molecule has 1 aromatic heterocycles. The van der Waals surface area contributed by atoms with Gasteiger partial charge in [0.2, 0.25) is 0 Å². The molecule has 0 aromatic carbocycles. The summed E-state index contributed by atoms with van der Waals surface area (Å²) in [7, 11) is 0. The Morgan fingerprint density at radius 3 is 2.33 bits per heavy atom. The van der Waals surface area contributed by atoms with Crippen LogP contribution >= 0.6 is 0 Å². The molecule has 0 aliphatic heterocycles. The predicted molar refractivity (Wildman–Crippen MR) is 45.9 cm³/mol. The van der Waals surface area contributed by atoms with Crippen LogP contribution in [0.15, 0.2) is 6.07 Å². The maximum Gasteiger partial charge on any atom is 0.417 e. The third-order valence-electron chi connectivity index (χ3n) is 1.89.